The van der Waals surface area contributed by atoms with Crippen molar-refractivity contribution in [3.05, 3.63) is 101 Å². The molecule has 0 fully saturated rings. The van der Waals surface area contributed by atoms with Crippen molar-refractivity contribution in [2.75, 3.05) is 20.4 Å². The molecule has 42 heavy (non-hydrogen) atoms. The van der Waals surface area contributed by atoms with Crippen LogP contribution >= 0.6 is 0 Å². The lowest BCUT2D eigenvalue weighted by Gasteiger charge is -2.20. The van der Waals surface area contributed by atoms with Gasteiger partial charge < -0.3 is 19.5 Å². The second-order valence-corrected chi connectivity index (χ2v) is 10.5. The van der Waals surface area contributed by atoms with Crippen molar-refractivity contribution in [1.82, 2.24) is 20.5 Å². The first kappa shape index (κ1) is 27.3. The summed E-state index contributed by atoms with van der Waals surface area (Å²) in [6, 6.07) is 26.0. The van der Waals surface area contributed by atoms with Gasteiger partial charge in [0.1, 0.15) is 17.1 Å². The fraction of sp³-hybridized carbons (Fsp3) is 0.242. The van der Waals surface area contributed by atoms with Gasteiger partial charge in [0, 0.05) is 18.7 Å². The maximum Gasteiger partial charge on any atom is 0.258 e. The second-order valence-electron chi connectivity index (χ2n) is 10.5. The van der Waals surface area contributed by atoms with Crippen LogP contribution in [0.15, 0.2) is 83.5 Å². The molecule has 0 bridgehead atoms. The first-order valence-electron chi connectivity index (χ1n) is 13.8. The Hall–Kier alpha value is -4.89. The molecule has 1 N–H and O–H groups in total. The van der Waals surface area contributed by atoms with Crippen LogP contribution in [0.4, 0.5) is 0 Å². The highest BCUT2D eigenvalue weighted by Crippen LogP contribution is 2.37. The van der Waals surface area contributed by atoms with Crippen LogP contribution in [0.3, 0.4) is 0 Å². The van der Waals surface area contributed by atoms with Crippen molar-refractivity contribution in [1.29, 1.82) is 0 Å². The monoisotopic (exact) mass is 564 g/mol. The van der Waals surface area contributed by atoms with Gasteiger partial charge in [-0.1, -0.05) is 64.9 Å². The van der Waals surface area contributed by atoms with Gasteiger partial charge >= 0.3 is 0 Å². The summed E-state index contributed by atoms with van der Waals surface area (Å²) in [5, 5.41) is 13.2. The van der Waals surface area contributed by atoms with E-state index in [1.807, 2.05) is 75.5 Å². The molecule has 0 spiro atoms. The number of nitrogens with zero attached hydrogens (tertiary/aromatic N) is 3. The van der Waals surface area contributed by atoms with Crippen molar-refractivity contribution in [3.8, 4) is 28.4 Å². The Kier molecular flexibility index (Phi) is 7.74. The van der Waals surface area contributed by atoms with Gasteiger partial charge in [-0.3, -0.25) is 9.69 Å². The van der Waals surface area contributed by atoms with Gasteiger partial charge in [-0.2, -0.15) is 0 Å². The number of hydrogen-bond acceptors (Lipinski definition) is 8. The number of aryl methyl sites for hydroxylation is 1. The van der Waals surface area contributed by atoms with E-state index in [9.17, 15) is 4.79 Å². The highest BCUT2D eigenvalue weighted by molar-refractivity contribution is 5.87. The highest BCUT2D eigenvalue weighted by atomic mass is 16.7. The summed E-state index contributed by atoms with van der Waals surface area (Å²) in [5.74, 6) is 1.89. The van der Waals surface area contributed by atoms with Crippen LogP contribution in [0.5, 0.6) is 17.2 Å². The molecule has 4 aromatic carbocycles. The number of hydrogen-bond donors (Lipinski definition) is 1. The number of aromatic nitrogens is 2. The Balaban J connectivity index is 1.19. The standard InChI is InChI=1S/C33H32N4O5/c1-21(27-10-6-8-23-7-4-5-9-28(23)27)34-33(38)19-39-30-13-11-24(25-12-14-31-32(16-25)41-20-40-31)15-26(30)17-37(3)18-29-22(2)35-42-36-29/h4-16,21H,17-20H2,1-3H3,(H,34,38)/t21-/m1/s1. The van der Waals surface area contributed by atoms with E-state index in [1.54, 1.807) is 0 Å². The van der Waals surface area contributed by atoms with E-state index in [0.717, 1.165) is 55.9 Å². The van der Waals surface area contributed by atoms with Crippen LogP contribution in [0, 0.1) is 6.92 Å². The molecule has 9 heteroatoms. The predicted molar refractivity (Wildman–Crippen MR) is 158 cm³/mol. The molecular weight excluding hydrogens is 532 g/mol. The lowest BCUT2D eigenvalue weighted by molar-refractivity contribution is -0.123. The summed E-state index contributed by atoms with van der Waals surface area (Å²) in [6.07, 6.45) is 0. The minimum atomic E-state index is -0.195. The maximum atomic E-state index is 13.0. The fourth-order valence-electron chi connectivity index (χ4n) is 5.23. The largest absolute Gasteiger partial charge is 0.483 e. The van der Waals surface area contributed by atoms with E-state index < -0.39 is 0 Å². The number of benzene rings is 4. The van der Waals surface area contributed by atoms with Gasteiger partial charge in [-0.15, -0.1) is 0 Å². The van der Waals surface area contributed by atoms with Crippen LogP contribution in [0.25, 0.3) is 21.9 Å². The zero-order valence-corrected chi connectivity index (χ0v) is 23.8. The molecule has 1 atom stereocenters. The third kappa shape index (κ3) is 5.91. The molecule has 0 aliphatic carbocycles. The third-order valence-electron chi connectivity index (χ3n) is 7.40. The predicted octanol–water partition coefficient (Wildman–Crippen LogP) is 5.82. The van der Waals surface area contributed by atoms with Gasteiger partial charge in [0.2, 0.25) is 6.79 Å². The second kappa shape index (κ2) is 11.9. The normalized spacial score (nSPS) is 13.0. The minimum Gasteiger partial charge on any atom is -0.483 e. The van der Waals surface area contributed by atoms with Gasteiger partial charge in [0.15, 0.2) is 18.1 Å². The number of rotatable bonds is 10. The van der Waals surface area contributed by atoms with Crippen molar-refractivity contribution >= 4 is 16.7 Å². The molecule has 5 aromatic rings. The number of ether oxygens (including phenoxy) is 3. The quantitative estimate of drug-likeness (QED) is 0.227. The van der Waals surface area contributed by atoms with E-state index in [1.165, 1.54) is 0 Å². The molecule has 6 rings (SSSR count). The molecule has 214 valence electrons. The number of nitrogens with one attached hydrogen (secondary N) is 1. The minimum absolute atomic E-state index is 0.110. The zero-order valence-electron chi connectivity index (χ0n) is 23.8. The molecule has 9 nitrogen and oxygen atoms in total. The number of fused-ring (bicyclic) bond motifs is 2. The number of carbonyl (C=O) groups excluding carboxylic acids is 1. The summed E-state index contributed by atoms with van der Waals surface area (Å²) >= 11 is 0. The summed E-state index contributed by atoms with van der Waals surface area (Å²) in [6.45, 7) is 5.06. The third-order valence-corrected chi connectivity index (χ3v) is 7.40. The highest BCUT2D eigenvalue weighted by Gasteiger charge is 2.18. The molecule has 0 unspecified atom stereocenters. The Labute approximate surface area is 244 Å². The molecule has 1 amide bonds. The molecule has 1 aromatic heterocycles. The molecule has 1 aliphatic rings. The van der Waals surface area contributed by atoms with Crippen molar-refractivity contribution in [2.45, 2.75) is 33.0 Å². The maximum absolute atomic E-state index is 13.0. The van der Waals surface area contributed by atoms with Crippen molar-refractivity contribution in [2.24, 2.45) is 0 Å². The molecular formula is C33H32N4O5. The lowest BCUT2D eigenvalue weighted by Crippen LogP contribution is -2.31. The average molecular weight is 565 g/mol. The lowest BCUT2D eigenvalue weighted by atomic mass is 10.00. The first-order chi connectivity index (χ1) is 20.4. The van der Waals surface area contributed by atoms with Crippen LogP contribution in [-0.2, 0) is 17.9 Å². The molecule has 0 saturated heterocycles. The Bertz CT molecular complexity index is 1730. The number of carbonyl (C=O) groups is 1. The molecule has 0 radical (unpaired) electrons. The number of amides is 1. The molecule has 2 heterocycles. The summed E-state index contributed by atoms with van der Waals surface area (Å²) in [4.78, 5) is 15.1. The summed E-state index contributed by atoms with van der Waals surface area (Å²) < 4.78 is 22.0. The smallest absolute Gasteiger partial charge is 0.258 e. The van der Waals surface area contributed by atoms with E-state index in [0.29, 0.717) is 18.8 Å². The van der Waals surface area contributed by atoms with Crippen molar-refractivity contribution < 1.29 is 23.6 Å². The molecule has 0 saturated carbocycles. The summed E-state index contributed by atoms with van der Waals surface area (Å²) in [5.41, 5.74) is 5.51. The van der Waals surface area contributed by atoms with Gasteiger partial charge in [-0.05, 0) is 72.6 Å². The average Bonchev–Trinajstić information content (AvgIpc) is 3.64. The summed E-state index contributed by atoms with van der Waals surface area (Å²) in [7, 11) is 1.99. The van der Waals surface area contributed by atoms with E-state index in [4.69, 9.17) is 18.8 Å². The SMILES string of the molecule is Cc1nonc1CN(C)Cc1cc(-c2ccc3c(c2)OCO3)ccc1OCC(=O)N[C@H](C)c1cccc2ccccc12. The van der Waals surface area contributed by atoms with Crippen molar-refractivity contribution in [3.63, 3.8) is 0 Å². The van der Waals surface area contributed by atoms with Crippen LogP contribution in [0.2, 0.25) is 0 Å². The van der Waals surface area contributed by atoms with E-state index in [2.05, 4.69) is 44.8 Å². The van der Waals surface area contributed by atoms with Gasteiger partial charge in [0.05, 0.1) is 6.04 Å². The van der Waals surface area contributed by atoms with Crippen LogP contribution in [-0.4, -0.2) is 41.6 Å². The van der Waals surface area contributed by atoms with E-state index in [-0.39, 0.29) is 25.3 Å². The Morgan fingerprint density at radius 2 is 1.74 bits per heavy atom. The van der Waals surface area contributed by atoms with Crippen LogP contribution < -0.4 is 19.5 Å². The van der Waals surface area contributed by atoms with Gasteiger partial charge in [-0.25, -0.2) is 4.63 Å². The van der Waals surface area contributed by atoms with Crippen LogP contribution in [0.1, 0.15) is 35.5 Å². The molecule has 1 aliphatic heterocycles. The zero-order chi connectivity index (χ0) is 29.1. The first-order valence-corrected chi connectivity index (χ1v) is 13.8. The van der Waals surface area contributed by atoms with Gasteiger partial charge in [0.25, 0.3) is 5.91 Å². The Morgan fingerprint density at radius 1 is 0.952 bits per heavy atom. The van der Waals surface area contributed by atoms with E-state index >= 15 is 0 Å². The topological polar surface area (TPSA) is 99.0 Å². The Morgan fingerprint density at radius 3 is 2.60 bits per heavy atom. The fourth-order valence-corrected chi connectivity index (χ4v) is 5.23.